The van der Waals surface area contributed by atoms with Gasteiger partial charge in [0.15, 0.2) is 0 Å². The lowest BCUT2D eigenvalue weighted by Gasteiger charge is -2.27. The van der Waals surface area contributed by atoms with Crippen LogP contribution >= 0.6 is 11.8 Å². The summed E-state index contributed by atoms with van der Waals surface area (Å²) in [4.78, 5) is 13.6. The highest BCUT2D eigenvalue weighted by atomic mass is 32.2. The number of nitrogens with zero attached hydrogens (tertiary/aromatic N) is 1. The van der Waals surface area contributed by atoms with Gasteiger partial charge in [-0.05, 0) is 38.8 Å². The Morgan fingerprint density at radius 1 is 1.28 bits per heavy atom. The minimum absolute atomic E-state index is 0.0846. The first kappa shape index (κ1) is 19.5. The molecule has 136 valence electrons. The molecular weight excluding hydrogens is 334 g/mol. The van der Waals surface area contributed by atoms with Crippen LogP contribution in [0.5, 0.6) is 0 Å². The van der Waals surface area contributed by atoms with E-state index >= 15 is 0 Å². The van der Waals surface area contributed by atoms with Crippen molar-refractivity contribution in [3.05, 3.63) is 46.8 Å². The molecule has 2 rings (SSSR count). The van der Waals surface area contributed by atoms with Crippen LogP contribution < -0.4 is 11.1 Å². The summed E-state index contributed by atoms with van der Waals surface area (Å²) >= 11 is 1.61. The first-order chi connectivity index (χ1) is 11.9. The van der Waals surface area contributed by atoms with E-state index < -0.39 is 0 Å². The summed E-state index contributed by atoms with van der Waals surface area (Å²) in [6, 6.07) is 7.64. The Morgan fingerprint density at radius 3 is 2.56 bits per heavy atom. The van der Waals surface area contributed by atoms with Crippen molar-refractivity contribution in [2.24, 2.45) is 5.73 Å². The molecular formula is C19H27N3O2S. The van der Waals surface area contributed by atoms with Crippen molar-refractivity contribution < 1.29 is 9.32 Å². The van der Waals surface area contributed by atoms with Gasteiger partial charge in [0.1, 0.15) is 5.76 Å². The molecule has 0 bridgehead atoms. The minimum atomic E-state index is -0.353. The van der Waals surface area contributed by atoms with E-state index in [9.17, 15) is 4.79 Å². The third-order valence-corrected chi connectivity index (χ3v) is 5.79. The van der Waals surface area contributed by atoms with Crippen LogP contribution in [0.25, 0.3) is 0 Å². The molecule has 0 saturated heterocycles. The van der Waals surface area contributed by atoms with Crippen LogP contribution in [-0.2, 0) is 5.75 Å². The van der Waals surface area contributed by atoms with E-state index in [1.54, 1.807) is 11.8 Å². The molecule has 0 aliphatic rings. The lowest BCUT2D eigenvalue weighted by Crippen LogP contribution is -2.49. The van der Waals surface area contributed by atoms with Crippen LogP contribution in [-0.4, -0.2) is 23.1 Å². The molecule has 6 heteroatoms. The Morgan fingerprint density at radius 2 is 1.96 bits per heavy atom. The van der Waals surface area contributed by atoms with E-state index in [2.05, 4.69) is 10.5 Å². The number of aryl methyl sites for hydroxylation is 2. The first-order valence-corrected chi connectivity index (χ1v) is 9.59. The van der Waals surface area contributed by atoms with Gasteiger partial charge in [-0.2, -0.15) is 0 Å². The third-order valence-electron chi connectivity index (χ3n) is 4.69. The maximum Gasteiger partial charge on any atom is 0.252 e. The quantitative estimate of drug-likeness (QED) is 0.698. The average Bonchev–Trinajstić information content (AvgIpc) is 2.96. The summed E-state index contributed by atoms with van der Waals surface area (Å²) in [5.41, 5.74) is 8.58. The van der Waals surface area contributed by atoms with Crippen molar-refractivity contribution in [1.29, 1.82) is 0 Å². The van der Waals surface area contributed by atoms with Crippen LogP contribution in [0.1, 0.15) is 54.1 Å². The van der Waals surface area contributed by atoms with E-state index in [1.165, 1.54) is 0 Å². The maximum absolute atomic E-state index is 12.6. The number of carbonyl (C=O) groups excluding carboxylic acids is 1. The number of carbonyl (C=O) groups is 1. The number of nitrogens with two attached hydrogens (primary N) is 1. The monoisotopic (exact) mass is 361 g/mol. The van der Waals surface area contributed by atoms with Crippen molar-refractivity contribution in [3.8, 4) is 0 Å². The number of thioether (sulfide) groups is 1. The Hall–Kier alpha value is -1.79. The van der Waals surface area contributed by atoms with Gasteiger partial charge in [-0.15, -0.1) is 11.8 Å². The summed E-state index contributed by atoms with van der Waals surface area (Å²) in [5.74, 6) is 1.46. The molecule has 5 nitrogen and oxygen atoms in total. The molecule has 25 heavy (non-hydrogen) atoms. The van der Waals surface area contributed by atoms with Crippen LogP contribution in [0, 0.1) is 13.8 Å². The van der Waals surface area contributed by atoms with Gasteiger partial charge in [0.25, 0.3) is 5.91 Å². The van der Waals surface area contributed by atoms with Crippen LogP contribution in [0.3, 0.4) is 0 Å². The number of hydrogen-bond donors (Lipinski definition) is 2. The zero-order valence-electron chi connectivity index (χ0n) is 15.4. The first-order valence-electron chi connectivity index (χ1n) is 8.61. The van der Waals surface area contributed by atoms with Gasteiger partial charge in [-0.1, -0.05) is 31.1 Å². The largest absolute Gasteiger partial charge is 0.361 e. The van der Waals surface area contributed by atoms with E-state index in [0.29, 0.717) is 12.1 Å². The number of hydrogen-bond acceptors (Lipinski definition) is 5. The van der Waals surface area contributed by atoms with Crippen molar-refractivity contribution in [2.45, 2.75) is 56.7 Å². The maximum atomic E-state index is 12.6. The van der Waals surface area contributed by atoms with Crippen molar-refractivity contribution in [2.75, 3.05) is 6.54 Å². The zero-order valence-corrected chi connectivity index (χ0v) is 16.2. The predicted octanol–water partition coefficient (Wildman–Crippen LogP) is 3.83. The van der Waals surface area contributed by atoms with Gasteiger partial charge >= 0.3 is 0 Å². The highest BCUT2D eigenvalue weighted by Gasteiger charge is 2.22. The van der Waals surface area contributed by atoms with E-state index in [1.807, 2.05) is 52.0 Å². The number of benzene rings is 1. The van der Waals surface area contributed by atoms with Gasteiger partial charge in [0, 0.05) is 28.3 Å². The Bertz CT molecular complexity index is 704. The Labute approximate surface area is 153 Å². The molecule has 2 aromatic rings. The molecule has 1 aromatic carbocycles. The lowest BCUT2D eigenvalue weighted by atomic mass is 9.94. The Kier molecular flexibility index (Phi) is 6.67. The van der Waals surface area contributed by atoms with Gasteiger partial charge < -0.3 is 15.6 Å². The highest BCUT2D eigenvalue weighted by molar-refractivity contribution is 7.98. The Balaban J connectivity index is 2.08. The zero-order chi connectivity index (χ0) is 18.4. The minimum Gasteiger partial charge on any atom is -0.361 e. The van der Waals surface area contributed by atoms with Gasteiger partial charge in [-0.3, -0.25) is 4.79 Å². The van der Waals surface area contributed by atoms with Crippen LogP contribution in [0.2, 0.25) is 0 Å². The lowest BCUT2D eigenvalue weighted by molar-refractivity contribution is 0.0939. The molecule has 0 saturated carbocycles. The molecule has 1 aromatic heterocycles. The van der Waals surface area contributed by atoms with Gasteiger partial charge in [0.05, 0.1) is 11.3 Å². The number of aromatic nitrogens is 1. The molecule has 0 aliphatic carbocycles. The average molecular weight is 362 g/mol. The molecule has 0 radical (unpaired) electrons. The van der Waals surface area contributed by atoms with Crippen molar-refractivity contribution >= 4 is 17.7 Å². The highest BCUT2D eigenvalue weighted by Crippen LogP contribution is 2.28. The van der Waals surface area contributed by atoms with E-state index in [-0.39, 0.29) is 11.4 Å². The SMILES string of the molecule is CCC(N)(CC)CNC(=O)c1ccccc1SCc1c(C)noc1C. The number of rotatable bonds is 8. The smallest absolute Gasteiger partial charge is 0.252 e. The fraction of sp³-hybridized carbons (Fsp3) is 0.474. The van der Waals surface area contributed by atoms with Gasteiger partial charge in [-0.25, -0.2) is 0 Å². The summed E-state index contributed by atoms with van der Waals surface area (Å²) in [7, 11) is 0. The second kappa shape index (κ2) is 8.54. The van der Waals surface area contributed by atoms with Crippen LogP contribution in [0.4, 0.5) is 0 Å². The summed E-state index contributed by atoms with van der Waals surface area (Å²) in [6.07, 6.45) is 1.65. The van der Waals surface area contributed by atoms with E-state index in [4.69, 9.17) is 10.3 Å². The van der Waals surface area contributed by atoms with Gasteiger partial charge in [0.2, 0.25) is 0 Å². The summed E-state index contributed by atoms with van der Waals surface area (Å²) in [6.45, 7) is 8.40. The molecule has 0 atom stereocenters. The molecule has 1 heterocycles. The second-order valence-corrected chi connectivity index (χ2v) is 7.36. The molecule has 0 aliphatic heterocycles. The van der Waals surface area contributed by atoms with Crippen molar-refractivity contribution in [3.63, 3.8) is 0 Å². The summed E-state index contributed by atoms with van der Waals surface area (Å²) < 4.78 is 5.21. The molecule has 3 N–H and O–H groups in total. The number of amides is 1. The topological polar surface area (TPSA) is 81.1 Å². The second-order valence-electron chi connectivity index (χ2n) is 6.34. The predicted molar refractivity (Wildman–Crippen MR) is 102 cm³/mol. The molecule has 0 unspecified atom stereocenters. The van der Waals surface area contributed by atoms with Crippen molar-refractivity contribution in [1.82, 2.24) is 10.5 Å². The fourth-order valence-electron chi connectivity index (χ4n) is 2.49. The molecule has 1 amide bonds. The standard InChI is InChI=1S/C19H27N3O2S/c1-5-19(20,6-2)12-21-18(23)15-9-7-8-10-17(15)25-11-16-13(3)22-24-14(16)4/h7-10H,5-6,11-12,20H2,1-4H3,(H,21,23). The van der Waals surface area contributed by atoms with Crippen LogP contribution in [0.15, 0.2) is 33.7 Å². The van der Waals surface area contributed by atoms with E-state index in [0.717, 1.165) is 40.5 Å². The molecule has 0 fully saturated rings. The normalized spacial score (nSPS) is 11.6. The third kappa shape index (κ3) is 4.86. The summed E-state index contributed by atoms with van der Waals surface area (Å²) in [5, 5.41) is 6.97. The fourth-order valence-corrected chi connectivity index (χ4v) is 3.69. The number of nitrogens with one attached hydrogen (secondary N) is 1. The molecule has 0 spiro atoms.